The smallest absolute Gasteiger partial charge is 0.263 e. The molecule has 3 rings (SSSR count). The molecule has 0 radical (unpaired) electrons. The van der Waals surface area contributed by atoms with Crippen LogP contribution >= 0.6 is 11.8 Å². The van der Waals surface area contributed by atoms with E-state index in [-0.39, 0.29) is 16.3 Å². The Morgan fingerprint density at radius 3 is 2.73 bits per heavy atom. The zero-order valence-electron chi connectivity index (χ0n) is 14.2. The van der Waals surface area contributed by atoms with Gasteiger partial charge in [-0.15, -0.1) is 0 Å². The minimum atomic E-state index is -3.87. The lowest BCUT2D eigenvalue weighted by atomic mass is 10.3. The molecule has 0 bridgehead atoms. The largest absolute Gasteiger partial charge is 0.322 e. The summed E-state index contributed by atoms with van der Waals surface area (Å²) in [5.41, 5.74) is 0.200. The summed E-state index contributed by atoms with van der Waals surface area (Å²) in [6.07, 6.45) is 1.40. The number of thioether (sulfide) groups is 1. The standard InChI is InChI=1S/C16H19FN4O3S2/c1-2-20-11-14(15(22)18-13-5-3-4-12(17)10-13)16(19-20)26(23,24)21-6-8-25-9-7-21/h3-5,10-11H,2,6-9H2,1H3,(H,18,22). The summed E-state index contributed by atoms with van der Waals surface area (Å²) in [5.74, 6) is 0.280. The number of anilines is 1. The van der Waals surface area contributed by atoms with Crippen LogP contribution in [-0.2, 0) is 16.6 Å². The molecule has 26 heavy (non-hydrogen) atoms. The Bertz CT molecular complexity index is 908. The van der Waals surface area contributed by atoms with Gasteiger partial charge in [0.25, 0.3) is 15.9 Å². The summed E-state index contributed by atoms with van der Waals surface area (Å²) in [6, 6.07) is 5.41. The summed E-state index contributed by atoms with van der Waals surface area (Å²) in [4.78, 5) is 12.6. The molecule has 1 aliphatic heterocycles. The van der Waals surface area contributed by atoms with E-state index in [9.17, 15) is 17.6 Å². The molecule has 2 heterocycles. The third kappa shape index (κ3) is 3.92. The van der Waals surface area contributed by atoms with Gasteiger partial charge in [0.1, 0.15) is 5.82 Å². The Morgan fingerprint density at radius 2 is 2.08 bits per heavy atom. The highest BCUT2D eigenvalue weighted by Gasteiger charge is 2.33. The molecule has 0 atom stereocenters. The summed E-state index contributed by atoms with van der Waals surface area (Å²) >= 11 is 1.69. The first kappa shape index (κ1) is 18.9. The third-order valence-corrected chi connectivity index (χ3v) is 6.71. The van der Waals surface area contributed by atoms with Crippen LogP contribution in [0, 0.1) is 5.82 Å². The average molecular weight is 398 g/mol. The minimum Gasteiger partial charge on any atom is -0.322 e. The number of nitrogens with one attached hydrogen (secondary N) is 1. The molecule has 1 saturated heterocycles. The molecule has 1 N–H and O–H groups in total. The minimum absolute atomic E-state index is 0.0469. The van der Waals surface area contributed by atoms with Crippen LogP contribution in [0.15, 0.2) is 35.5 Å². The number of carbonyl (C=O) groups is 1. The second-order valence-electron chi connectivity index (χ2n) is 5.68. The van der Waals surface area contributed by atoms with Crippen molar-refractivity contribution in [1.82, 2.24) is 14.1 Å². The fraction of sp³-hybridized carbons (Fsp3) is 0.375. The Kier molecular flexibility index (Phi) is 5.64. The lowest BCUT2D eigenvalue weighted by Gasteiger charge is -2.24. The van der Waals surface area contributed by atoms with Crippen molar-refractivity contribution in [2.24, 2.45) is 0 Å². The van der Waals surface area contributed by atoms with E-state index in [0.29, 0.717) is 31.1 Å². The predicted octanol–water partition coefficient (Wildman–Crippen LogP) is 2.03. The molecule has 0 saturated carbocycles. The van der Waals surface area contributed by atoms with Gasteiger partial charge in [-0.2, -0.15) is 21.2 Å². The van der Waals surface area contributed by atoms with E-state index in [1.807, 2.05) is 0 Å². The molecule has 0 aliphatic carbocycles. The van der Waals surface area contributed by atoms with Crippen molar-refractivity contribution >= 4 is 33.4 Å². The molecule has 1 aromatic heterocycles. The predicted molar refractivity (Wildman–Crippen MR) is 98.3 cm³/mol. The molecule has 1 amide bonds. The lowest BCUT2D eigenvalue weighted by Crippen LogP contribution is -2.38. The second kappa shape index (κ2) is 7.77. The maximum absolute atomic E-state index is 13.3. The molecule has 0 unspecified atom stereocenters. The maximum Gasteiger partial charge on any atom is 0.263 e. The van der Waals surface area contributed by atoms with Crippen LogP contribution in [0.25, 0.3) is 0 Å². The number of halogens is 1. The van der Waals surface area contributed by atoms with E-state index in [2.05, 4.69) is 10.4 Å². The molecule has 10 heteroatoms. The van der Waals surface area contributed by atoms with E-state index in [4.69, 9.17) is 0 Å². The topological polar surface area (TPSA) is 84.3 Å². The fourth-order valence-corrected chi connectivity index (χ4v) is 5.26. The van der Waals surface area contributed by atoms with E-state index in [1.165, 1.54) is 33.4 Å². The Morgan fingerprint density at radius 1 is 1.35 bits per heavy atom. The van der Waals surface area contributed by atoms with Crippen LogP contribution in [0.5, 0.6) is 0 Å². The number of carbonyl (C=O) groups excluding carboxylic acids is 1. The molecule has 2 aromatic rings. The van der Waals surface area contributed by atoms with Gasteiger partial charge < -0.3 is 5.32 Å². The van der Waals surface area contributed by atoms with Crippen molar-refractivity contribution in [2.45, 2.75) is 18.5 Å². The number of sulfonamides is 1. The first-order chi connectivity index (χ1) is 12.4. The van der Waals surface area contributed by atoms with E-state index >= 15 is 0 Å². The molecule has 0 spiro atoms. The van der Waals surface area contributed by atoms with Crippen LogP contribution in [0.3, 0.4) is 0 Å². The number of aromatic nitrogens is 2. The van der Waals surface area contributed by atoms with Crippen molar-refractivity contribution in [2.75, 3.05) is 29.9 Å². The number of aryl methyl sites for hydroxylation is 1. The molecular formula is C16H19FN4O3S2. The molecule has 1 aromatic carbocycles. The summed E-state index contributed by atoms with van der Waals surface area (Å²) < 4.78 is 42.0. The first-order valence-corrected chi connectivity index (χ1v) is 10.7. The van der Waals surface area contributed by atoms with Crippen LogP contribution in [0.4, 0.5) is 10.1 Å². The van der Waals surface area contributed by atoms with Crippen molar-refractivity contribution in [1.29, 1.82) is 0 Å². The summed E-state index contributed by atoms with van der Waals surface area (Å²) in [7, 11) is -3.87. The Labute approximate surface area is 155 Å². The third-order valence-electron chi connectivity index (χ3n) is 3.93. The van der Waals surface area contributed by atoms with E-state index < -0.39 is 21.7 Å². The van der Waals surface area contributed by atoms with Crippen molar-refractivity contribution in [3.05, 3.63) is 41.8 Å². The highest BCUT2D eigenvalue weighted by atomic mass is 32.2. The number of nitrogens with zero attached hydrogens (tertiary/aromatic N) is 3. The molecule has 140 valence electrons. The molecular weight excluding hydrogens is 379 g/mol. The first-order valence-electron chi connectivity index (χ1n) is 8.14. The number of rotatable bonds is 5. The number of hydrogen-bond donors (Lipinski definition) is 1. The van der Waals surface area contributed by atoms with Crippen LogP contribution in [0.2, 0.25) is 0 Å². The molecule has 1 aliphatic rings. The highest BCUT2D eigenvalue weighted by Crippen LogP contribution is 2.23. The van der Waals surface area contributed by atoms with E-state index in [1.54, 1.807) is 18.7 Å². The summed E-state index contributed by atoms with van der Waals surface area (Å²) in [5, 5.41) is 6.37. The maximum atomic E-state index is 13.3. The Hall–Kier alpha value is -1.91. The monoisotopic (exact) mass is 398 g/mol. The van der Waals surface area contributed by atoms with Gasteiger partial charge in [-0.25, -0.2) is 12.8 Å². The van der Waals surface area contributed by atoms with Crippen molar-refractivity contribution in [3.8, 4) is 0 Å². The SMILES string of the molecule is CCn1cc(C(=O)Nc2cccc(F)c2)c(S(=O)(=O)N2CCSCC2)n1. The summed E-state index contributed by atoms with van der Waals surface area (Å²) in [6.45, 7) is 2.99. The van der Waals surface area contributed by atoms with Crippen LogP contribution in [-0.4, -0.2) is 53.0 Å². The van der Waals surface area contributed by atoms with Gasteiger partial charge in [-0.3, -0.25) is 9.48 Å². The van der Waals surface area contributed by atoms with Gasteiger partial charge in [0.2, 0.25) is 5.03 Å². The molecule has 1 fully saturated rings. The normalized spacial score (nSPS) is 15.8. The fourth-order valence-electron chi connectivity index (χ4n) is 2.59. The molecule has 7 nitrogen and oxygen atoms in total. The van der Waals surface area contributed by atoms with Gasteiger partial charge in [-0.05, 0) is 25.1 Å². The van der Waals surface area contributed by atoms with Gasteiger partial charge in [0, 0.05) is 43.0 Å². The number of benzene rings is 1. The second-order valence-corrected chi connectivity index (χ2v) is 8.76. The number of amides is 1. The highest BCUT2D eigenvalue weighted by molar-refractivity contribution is 7.99. The zero-order valence-corrected chi connectivity index (χ0v) is 15.8. The average Bonchev–Trinajstić information content (AvgIpc) is 3.08. The number of hydrogen-bond acceptors (Lipinski definition) is 5. The quantitative estimate of drug-likeness (QED) is 0.833. The van der Waals surface area contributed by atoms with Gasteiger partial charge >= 0.3 is 0 Å². The van der Waals surface area contributed by atoms with Gasteiger partial charge in [-0.1, -0.05) is 6.07 Å². The van der Waals surface area contributed by atoms with Crippen LogP contribution < -0.4 is 5.32 Å². The van der Waals surface area contributed by atoms with E-state index in [0.717, 1.165) is 6.07 Å². The van der Waals surface area contributed by atoms with Gasteiger partial charge in [0.05, 0.1) is 5.56 Å². The van der Waals surface area contributed by atoms with Crippen LogP contribution in [0.1, 0.15) is 17.3 Å². The lowest BCUT2D eigenvalue weighted by molar-refractivity contribution is 0.102. The van der Waals surface area contributed by atoms with Crippen molar-refractivity contribution in [3.63, 3.8) is 0 Å². The van der Waals surface area contributed by atoms with Gasteiger partial charge in [0.15, 0.2) is 0 Å². The Balaban J connectivity index is 1.94. The zero-order chi connectivity index (χ0) is 18.7. The van der Waals surface area contributed by atoms with Crippen molar-refractivity contribution < 1.29 is 17.6 Å².